The monoisotopic (exact) mass is 332 g/mol. The molecule has 0 aliphatic carbocycles. The lowest BCUT2D eigenvalue weighted by Gasteiger charge is -2.21. The molecule has 0 heterocycles. The first-order valence-electron chi connectivity index (χ1n) is 8.28. The Balaban J connectivity index is 1.80. The first-order chi connectivity index (χ1) is 12.2. The van der Waals surface area contributed by atoms with E-state index in [2.05, 4.69) is 0 Å². The number of esters is 1. The normalized spacial score (nSPS) is 13.0. The fourth-order valence-corrected chi connectivity index (χ4v) is 2.71. The van der Waals surface area contributed by atoms with Gasteiger partial charge in [0, 0.05) is 6.42 Å². The zero-order valence-electron chi connectivity index (χ0n) is 13.8. The molecule has 1 N–H and O–H groups in total. The van der Waals surface area contributed by atoms with Gasteiger partial charge in [0.25, 0.3) is 0 Å². The number of carbonyl (C=O) groups is 1. The molecule has 0 unspecified atom stereocenters. The fourth-order valence-electron chi connectivity index (χ4n) is 2.71. The maximum Gasteiger partial charge on any atom is 0.338 e. The van der Waals surface area contributed by atoms with Gasteiger partial charge in [-0.1, -0.05) is 78.9 Å². The highest BCUT2D eigenvalue weighted by molar-refractivity contribution is 5.89. The van der Waals surface area contributed by atoms with E-state index in [1.165, 1.54) is 0 Å². The van der Waals surface area contributed by atoms with Crippen LogP contribution in [0.25, 0.3) is 0 Å². The summed E-state index contributed by atoms with van der Waals surface area (Å²) in [7, 11) is 0. The lowest BCUT2D eigenvalue weighted by atomic mass is 9.98. The van der Waals surface area contributed by atoms with E-state index in [1.54, 1.807) is 24.3 Å². The summed E-state index contributed by atoms with van der Waals surface area (Å²) in [5, 5.41) is 10.5. The van der Waals surface area contributed by atoms with Crippen LogP contribution in [0.1, 0.15) is 40.1 Å². The Labute approximate surface area is 147 Å². The van der Waals surface area contributed by atoms with Crippen molar-refractivity contribution in [3.63, 3.8) is 0 Å². The molecule has 0 saturated heterocycles. The molecule has 0 radical (unpaired) electrons. The minimum absolute atomic E-state index is 0.298. The Kier molecular flexibility index (Phi) is 5.60. The van der Waals surface area contributed by atoms with Crippen molar-refractivity contribution >= 4 is 5.97 Å². The number of benzene rings is 3. The second-order valence-electron chi connectivity index (χ2n) is 5.83. The molecule has 3 heteroatoms. The number of aliphatic hydroxyl groups excluding tert-OH is 1. The summed E-state index contributed by atoms with van der Waals surface area (Å²) in [6.07, 6.45) is -0.939. The Morgan fingerprint density at radius 2 is 1.24 bits per heavy atom. The van der Waals surface area contributed by atoms with Gasteiger partial charge < -0.3 is 9.84 Å². The fraction of sp³-hybridized carbons (Fsp3) is 0.136. The van der Waals surface area contributed by atoms with E-state index in [-0.39, 0.29) is 0 Å². The molecule has 0 aliphatic heterocycles. The third-order valence-electron chi connectivity index (χ3n) is 4.05. The lowest BCUT2D eigenvalue weighted by Crippen LogP contribution is -2.15. The van der Waals surface area contributed by atoms with Gasteiger partial charge in [0.05, 0.1) is 11.7 Å². The predicted molar refractivity (Wildman–Crippen MR) is 97.1 cm³/mol. The van der Waals surface area contributed by atoms with Crippen LogP contribution in [0, 0.1) is 0 Å². The van der Waals surface area contributed by atoms with E-state index < -0.39 is 18.2 Å². The number of carbonyl (C=O) groups excluding carboxylic acids is 1. The quantitative estimate of drug-likeness (QED) is 0.665. The average Bonchev–Trinajstić information content (AvgIpc) is 2.69. The molecular formula is C22H20O3. The predicted octanol–water partition coefficient (Wildman–Crippen LogP) is 4.71. The maximum absolute atomic E-state index is 12.4. The van der Waals surface area contributed by atoms with E-state index in [0.29, 0.717) is 12.0 Å². The minimum Gasteiger partial charge on any atom is -0.454 e. The largest absolute Gasteiger partial charge is 0.454 e. The zero-order chi connectivity index (χ0) is 17.5. The molecule has 0 saturated carbocycles. The number of aliphatic hydroxyl groups is 1. The maximum atomic E-state index is 12.4. The van der Waals surface area contributed by atoms with Crippen LogP contribution in [0.3, 0.4) is 0 Å². The molecule has 0 amide bonds. The Morgan fingerprint density at radius 3 is 1.80 bits per heavy atom. The van der Waals surface area contributed by atoms with Gasteiger partial charge in [-0.05, 0) is 23.3 Å². The molecular weight excluding hydrogens is 312 g/mol. The van der Waals surface area contributed by atoms with Crippen molar-refractivity contribution in [1.82, 2.24) is 0 Å². The van der Waals surface area contributed by atoms with Gasteiger partial charge in [-0.25, -0.2) is 4.79 Å². The van der Waals surface area contributed by atoms with Gasteiger partial charge in [0.15, 0.2) is 0 Å². The highest BCUT2D eigenvalue weighted by atomic mass is 16.5. The average molecular weight is 332 g/mol. The standard InChI is InChI=1S/C22H20O3/c23-20(17-10-4-1-5-11-17)16-21(18-12-6-2-7-13-18)25-22(24)19-14-8-3-9-15-19/h1-15,20-21,23H,16H2/t20-,21+/m0/s1. The molecule has 0 bridgehead atoms. The summed E-state index contributed by atoms with van der Waals surface area (Å²) in [5.74, 6) is -0.394. The van der Waals surface area contributed by atoms with Crippen LogP contribution in [0.5, 0.6) is 0 Å². The first kappa shape index (κ1) is 16.9. The van der Waals surface area contributed by atoms with Gasteiger partial charge in [-0.3, -0.25) is 0 Å². The molecule has 3 nitrogen and oxygen atoms in total. The van der Waals surface area contributed by atoms with Crippen molar-refractivity contribution in [2.45, 2.75) is 18.6 Å². The third-order valence-corrected chi connectivity index (χ3v) is 4.05. The Hall–Kier alpha value is -2.91. The van der Waals surface area contributed by atoms with Gasteiger partial charge in [-0.2, -0.15) is 0 Å². The molecule has 0 aromatic heterocycles. The Morgan fingerprint density at radius 1 is 0.760 bits per heavy atom. The topological polar surface area (TPSA) is 46.5 Å². The van der Waals surface area contributed by atoms with Gasteiger partial charge in [0.2, 0.25) is 0 Å². The summed E-state index contributed by atoms with van der Waals surface area (Å²) in [6.45, 7) is 0. The number of ether oxygens (including phenoxy) is 1. The van der Waals surface area contributed by atoms with Crippen molar-refractivity contribution < 1.29 is 14.6 Å². The van der Waals surface area contributed by atoms with E-state index in [9.17, 15) is 9.90 Å². The highest BCUT2D eigenvalue weighted by Crippen LogP contribution is 2.30. The van der Waals surface area contributed by atoms with Crippen LogP contribution in [0.2, 0.25) is 0 Å². The van der Waals surface area contributed by atoms with Crippen molar-refractivity contribution in [3.05, 3.63) is 108 Å². The van der Waals surface area contributed by atoms with Gasteiger partial charge >= 0.3 is 5.97 Å². The minimum atomic E-state index is -0.713. The summed E-state index contributed by atoms with van der Waals surface area (Å²) < 4.78 is 5.72. The second kappa shape index (κ2) is 8.27. The van der Waals surface area contributed by atoms with Crippen LogP contribution < -0.4 is 0 Å². The number of rotatable bonds is 6. The van der Waals surface area contributed by atoms with Crippen molar-refractivity contribution in [2.24, 2.45) is 0 Å². The van der Waals surface area contributed by atoms with Crippen molar-refractivity contribution in [3.8, 4) is 0 Å². The van der Waals surface area contributed by atoms with E-state index in [4.69, 9.17) is 4.74 Å². The number of hydrogen-bond donors (Lipinski definition) is 1. The molecule has 3 rings (SSSR count). The Bertz CT molecular complexity index is 785. The smallest absolute Gasteiger partial charge is 0.338 e. The first-order valence-corrected chi connectivity index (χ1v) is 8.28. The van der Waals surface area contributed by atoms with E-state index in [1.807, 2.05) is 66.7 Å². The van der Waals surface area contributed by atoms with Crippen molar-refractivity contribution in [1.29, 1.82) is 0 Å². The highest BCUT2D eigenvalue weighted by Gasteiger charge is 2.22. The molecule has 126 valence electrons. The van der Waals surface area contributed by atoms with Crippen LogP contribution in [0.15, 0.2) is 91.0 Å². The van der Waals surface area contributed by atoms with Gasteiger partial charge in [0.1, 0.15) is 6.10 Å². The van der Waals surface area contributed by atoms with Crippen LogP contribution in [0.4, 0.5) is 0 Å². The molecule has 3 aromatic rings. The van der Waals surface area contributed by atoms with Crippen LogP contribution in [-0.4, -0.2) is 11.1 Å². The molecule has 0 fully saturated rings. The van der Waals surface area contributed by atoms with Crippen LogP contribution in [-0.2, 0) is 4.74 Å². The summed E-state index contributed by atoms with van der Waals surface area (Å²) in [5.41, 5.74) is 2.17. The molecule has 2 atom stereocenters. The van der Waals surface area contributed by atoms with Gasteiger partial charge in [-0.15, -0.1) is 0 Å². The molecule has 0 spiro atoms. The van der Waals surface area contributed by atoms with E-state index in [0.717, 1.165) is 11.1 Å². The lowest BCUT2D eigenvalue weighted by molar-refractivity contribution is 0.0136. The number of hydrogen-bond acceptors (Lipinski definition) is 3. The third kappa shape index (κ3) is 4.55. The summed E-state index contributed by atoms with van der Waals surface area (Å²) in [4.78, 5) is 12.4. The molecule has 3 aromatic carbocycles. The second-order valence-corrected chi connectivity index (χ2v) is 5.83. The summed E-state index contributed by atoms with van der Waals surface area (Å²) in [6, 6.07) is 27.8. The SMILES string of the molecule is O=C(O[C@H](C[C@H](O)c1ccccc1)c1ccccc1)c1ccccc1. The molecule has 0 aliphatic rings. The van der Waals surface area contributed by atoms with Crippen LogP contribution >= 0.6 is 0 Å². The summed E-state index contributed by atoms with van der Waals surface area (Å²) >= 11 is 0. The molecule has 25 heavy (non-hydrogen) atoms. The zero-order valence-corrected chi connectivity index (χ0v) is 13.8. The van der Waals surface area contributed by atoms with Crippen molar-refractivity contribution in [2.75, 3.05) is 0 Å². The van der Waals surface area contributed by atoms with E-state index >= 15 is 0 Å².